The largest absolute Gasteiger partial charge is 0.489 e. The molecule has 0 aliphatic heterocycles. The maximum Gasteiger partial charge on any atom is 0.149 e. The number of halogens is 1. The van der Waals surface area contributed by atoms with Crippen LogP contribution in [0.25, 0.3) is 22.7 Å². The van der Waals surface area contributed by atoms with Gasteiger partial charge in [0.15, 0.2) is 0 Å². The summed E-state index contributed by atoms with van der Waals surface area (Å²) in [5, 5.41) is 18.7. The Morgan fingerprint density at radius 1 is 1.07 bits per heavy atom. The SMILES string of the molecule is N#C/C(=C/c1ccc(OCc2ccccc2C#N)cc1)c1nc2ccc(F)cc2[nH]1. The molecule has 0 unspecified atom stereocenters. The molecule has 30 heavy (non-hydrogen) atoms. The highest BCUT2D eigenvalue weighted by Crippen LogP contribution is 2.22. The highest BCUT2D eigenvalue weighted by molar-refractivity contribution is 5.90. The van der Waals surface area contributed by atoms with Crippen molar-refractivity contribution in [2.45, 2.75) is 6.61 Å². The van der Waals surface area contributed by atoms with Crippen LogP contribution in [0.1, 0.15) is 22.5 Å². The number of hydrogen-bond donors (Lipinski definition) is 1. The second-order valence-electron chi connectivity index (χ2n) is 6.54. The summed E-state index contributed by atoms with van der Waals surface area (Å²) in [6.07, 6.45) is 1.70. The number of H-pyrrole nitrogens is 1. The number of allylic oxidation sites excluding steroid dienone is 1. The van der Waals surface area contributed by atoms with Gasteiger partial charge in [-0.05, 0) is 48.0 Å². The highest BCUT2D eigenvalue weighted by Gasteiger charge is 2.09. The number of nitrogens with one attached hydrogen (secondary N) is 1. The van der Waals surface area contributed by atoms with Crippen molar-refractivity contribution in [1.82, 2.24) is 9.97 Å². The molecule has 0 aliphatic carbocycles. The number of aromatic nitrogens is 2. The molecule has 0 spiro atoms. The number of aromatic amines is 1. The molecule has 0 amide bonds. The molecule has 0 saturated carbocycles. The molecule has 0 saturated heterocycles. The summed E-state index contributed by atoms with van der Waals surface area (Å²) in [7, 11) is 0. The predicted molar refractivity (Wildman–Crippen MR) is 111 cm³/mol. The van der Waals surface area contributed by atoms with Crippen molar-refractivity contribution in [3.63, 3.8) is 0 Å². The van der Waals surface area contributed by atoms with Gasteiger partial charge in [0.05, 0.1) is 28.2 Å². The molecule has 1 N–H and O–H groups in total. The van der Waals surface area contributed by atoms with Gasteiger partial charge in [-0.1, -0.05) is 30.3 Å². The average Bonchev–Trinajstić information content (AvgIpc) is 3.20. The fraction of sp³-hybridized carbons (Fsp3) is 0.0417. The molecule has 0 aliphatic rings. The van der Waals surface area contributed by atoms with E-state index in [-0.39, 0.29) is 12.4 Å². The zero-order valence-electron chi connectivity index (χ0n) is 15.8. The molecule has 4 aromatic rings. The van der Waals surface area contributed by atoms with Crippen LogP contribution in [0.3, 0.4) is 0 Å². The third-order valence-electron chi connectivity index (χ3n) is 4.54. The van der Waals surface area contributed by atoms with E-state index in [2.05, 4.69) is 22.1 Å². The van der Waals surface area contributed by atoms with Crippen molar-refractivity contribution in [1.29, 1.82) is 10.5 Å². The molecule has 4 rings (SSSR count). The Balaban J connectivity index is 1.51. The normalized spacial score (nSPS) is 11.1. The lowest BCUT2D eigenvalue weighted by atomic mass is 10.1. The Morgan fingerprint density at radius 3 is 2.63 bits per heavy atom. The Morgan fingerprint density at radius 2 is 1.87 bits per heavy atom. The minimum Gasteiger partial charge on any atom is -0.489 e. The Bertz CT molecular complexity index is 1320. The van der Waals surface area contributed by atoms with Crippen LogP contribution in [0, 0.1) is 28.5 Å². The second kappa shape index (κ2) is 8.30. The van der Waals surface area contributed by atoms with Crippen molar-refractivity contribution >= 4 is 22.7 Å². The predicted octanol–water partition coefficient (Wildman–Crippen LogP) is 5.22. The fourth-order valence-corrected chi connectivity index (χ4v) is 3.01. The van der Waals surface area contributed by atoms with E-state index >= 15 is 0 Å². The van der Waals surface area contributed by atoms with Crippen molar-refractivity contribution in [3.05, 3.63) is 95.1 Å². The van der Waals surface area contributed by atoms with Crippen LogP contribution in [0.2, 0.25) is 0 Å². The van der Waals surface area contributed by atoms with Crippen LogP contribution in [0.15, 0.2) is 66.7 Å². The van der Waals surface area contributed by atoms with Gasteiger partial charge in [-0.25, -0.2) is 9.37 Å². The first kappa shape index (κ1) is 18.9. The van der Waals surface area contributed by atoms with Crippen LogP contribution in [0.4, 0.5) is 4.39 Å². The Kier molecular flexibility index (Phi) is 5.23. The van der Waals surface area contributed by atoms with E-state index in [1.165, 1.54) is 12.1 Å². The van der Waals surface area contributed by atoms with Crippen molar-refractivity contribution in [2.24, 2.45) is 0 Å². The zero-order chi connectivity index (χ0) is 20.9. The minimum absolute atomic E-state index is 0.290. The average molecular weight is 394 g/mol. The van der Waals surface area contributed by atoms with Crippen molar-refractivity contribution in [3.8, 4) is 17.9 Å². The van der Waals surface area contributed by atoms with Crippen LogP contribution in [-0.4, -0.2) is 9.97 Å². The maximum atomic E-state index is 13.4. The first-order valence-corrected chi connectivity index (χ1v) is 9.14. The molecule has 0 fully saturated rings. The Labute approximate surface area is 172 Å². The van der Waals surface area contributed by atoms with Crippen LogP contribution in [0.5, 0.6) is 5.75 Å². The minimum atomic E-state index is -0.367. The number of benzene rings is 3. The number of fused-ring (bicyclic) bond motifs is 1. The summed E-state index contributed by atoms with van der Waals surface area (Å²) < 4.78 is 19.1. The first-order valence-electron chi connectivity index (χ1n) is 9.14. The monoisotopic (exact) mass is 394 g/mol. The van der Waals surface area contributed by atoms with Gasteiger partial charge in [0.2, 0.25) is 0 Å². The molecular formula is C24H15FN4O. The molecule has 1 heterocycles. The maximum absolute atomic E-state index is 13.4. The molecular weight excluding hydrogens is 379 g/mol. The van der Waals surface area contributed by atoms with Gasteiger partial charge in [-0.3, -0.25) is 0 Å². The number of nitrogens with zero attached hydrogens (tertiary/aromatic N) is 3. The molecule has 3 aromatic carbocycles. The molecule has 144 valence electrons. The van der Waals surface area contributed by atoms with Gasteiger partial charge in [0.1, 0.15) is 30.1 Å². The van der Waals surface area contributed by atoms with E-state index < -0.39 is 0 Å². The van der Waals surface area contributed by atoms with E-state index in [4.69, 9.17) is 10.00 Å². The summed E-state index contributed by atoms with van der Waals surface area (Å²) in [6.45, 7) is 0.290. The molecule has 6 heteroatoms. The van der Waals surface area contributed by atoms with Gasteiger partial charge in [0, 0.05) is 5.56 Å². The first-order chi connectivity index (χ1) is 14.7. The third-order valence-corrected chi connectivity index (χ3v) is 4.54. The number of rotatable bonds is 5. The standard InChI is InChI=1S/C24H15FN4O/c25-20-7-10-22-23(12-20)29-24(28-22)19(14-27)11-16-5-8-21(9-6-16)30-15-18-4-2-1-3-17(18)13-26/h1-12H,15H2,(H,28,29)/b19-11-. The molecule has 1 aromatic heterocycles. The summed E-state index contributed by atoms with van der Waals surface area (Å²) in [6, 6.07) is 23.0. The Hall–Kier alpha value is -4.42. The molecule has 0 bridgehead atoms. The van der Waals surface area contributed by atoms with Crippen LogP contribution < -0.4 is 4.74 Å². The lowest BCUT2D eigenvalue weighted by molar-refractivity contribution is 0.306. The molecule has 5 nitrogen and oxygen atoms in total. The zero-order valence-corrected chi connectivity index (χ0v) is 15.8. The quantitative estimate of drug-likeness (QED) is 0.471. The van der Waals surface area contributed by atoms with E-state index in [0.717, 1.165) is 11.1 Å². The number of ether oxygens (including phenoxy) is 1. The van der Waals surface area contributed by atoms with E-state index in [0.29, 0.717) is 33.7 Å². The van der Waals surface area contributed by atoms with Gasteiger partial charge in [0.25, 0.3) is 0 Å². The lowest BCUT2D eigenvalue weighted by Crippen LogP contribution is -1.98. The number of nitriles is 2. The summed E-state index contributed by atoms with van der Waals surface area (Å²) in [5.41, 5.74) is 3.66. The van der Waals surface area contributed by atoms with E-state index in [1.807, 2.05) is 30.3 Å². The van der Waals surface area contributed by atoms with Gasteiger partial charge >= 0.3 is 0 Å². The smallest absolute Gasteiger partial charge is 0.149 e. The topological polar surface area (TPSA) is 85.5 Å². The van der Waals surface area contributed by atoms with Gasteiger partial charge in [-0.2, -0.15) is 10.5 Å². The van der Waals surface area contributed by atoms with E-state index in [1.54, 1.807) is 30.3 Å². The van der Waals surface area contributed by atoms with Crippen LogP contribution in [-0.2, 0) is 6.61 Å². The summed E-state index contributed by atoms with van der Waals surface area (Å²) in [4.78, 5) is 7.33. The highest BCUT2D eigenvalue weighted by atomic mass is 19.1. The number of hydrogen-bond acceptors (Lipinski definition) is 4. The molecule has 0 radical (unpaired) electrons. The van der Waals surface area contributed by atoms with Crippen molar-refractivity contribution < 1.29 is 9.13 Å². The van der Waals surface area contributed by atoms with Crippen molar-refractivity contribution in [2.75, 3.05) is 0 Å². The fourth-order valence-electron chi connectivity index (χ4n) is 3.01. The number of imidazole rings is 1. The lowest BCUT2D eigenvalue weighted by Gasteiger charge is -2.08. The third kappa shape index (κ3) is 4.04. The molecule has 0 atom stereocenters. The second-order valence-corrected chi connectivity index (χ2v) is 6.54. The van der Waals surface area contributed by atoms with E-state index in [9.17, 15) is 9.65 Å². The van der Waals surface area contributed by atoms with Crippen LogP contribution >= 0.6 is 0 Å². The summed E-state index contributed by atoms with van der Waals surface area (Å²) >= 11 is 0. The van der Waals surface area contributed by atoms with Gasteiger partial charge in [-0.15, -0.1) is 0 Å². The van der Waals surface area contributed by atoms with Gasteiger partial charge < -0.3 is 9.72 Å². The summed E-state index contributed by atoms with van der Waals surface area (Å²) in [5.74, 6) is 0.664.